The van der Waals surface area contributed by atoms with E-state index in [2.05, 4.69) is 4.98 Å². The zero-order valence-corrected chi connectivity index (χ0v) is 15.6. The molecule has 0 bridgehead atoms. The third-order valence-electron chi connectivity index (χ3n) is 4.98. The van der Waals surface area contributed by atoms with Crippen LogP contribution >= 0.6 is 11.3 Å². The molecule has 4 rings (SSSR count). The van der Waals surface area contributed by atoms with Crippen LogP contribution in [0.4, 0.5) is 4.79 Å². The van der Waals surface area contributed by atoms with Crippen molar-refractivity contribution in [3.05, 3.63) is 29.3 Å². The number of thiazole rings is 1. The first-order valence-corrected chi connectivity index (χ1v) is 9.54. The molecule has 5 amide bonds. The number of piperidine rings is 1. The van der Waals surface area contributed by atoms with Crippen molar-refractivity contribution in [2.24, 2.45) is 0 Å². The Kier molecular flexibility index (Phi) is 4.39. The Morgan fingerprint density at radius 1 is 1.22 bits per heavy atom. The van der Waals surface area contributed by atoms with Gasteiger partial charge in [-0.15, -0.1) is 11.3 Å². The number of para-hydroxylation sites is 1. The maximum atomic E-state index is 12.6. The molecule has 27 heavy (non-hydrogen) atoms. The van der Waals surface area contributed by atoms with E-state index in [0.717, 1.165) is 33.0 Å². The number of rotatable bonds is 3. The molecule has 140 valence electrons. The average Bonchev–Trinajstić information content (AvgIpc) is 3.20. The van der Waals surface area contributed by atoms with Crippen molar-refractivity contribution in [3.63, 3.8) is 0 Å². The summed E-state index contributed by atoms with van der Waals surface area (Å²) in [7, 11) is 1.23. The molecule has 0 aliphatic carbocycles. The molecule has 0 radical (unpaired) electrons. The van der Waals surface area contributed by atoms with Crippen LogP contribution in [-0.4, -0.2) is 70.1 Å². The maximum Gasteiger partial charge on any atom is 0.334 e. The monoisotopic (exact) mass is 386 g/mol. The van der Waals surface area contributed by atoms with E-state index in [1.165, 1.54) is 7.05 Å². The molecule has 0 saturated carbocycles. The number of nitrogens with zero attached hydrogens (tertiary/aromatic N) is 4. The molecular weight excluding hydrogens is 368 g/mol. The van der Waals surface area contributed by atoms with Crippen LogP contribution in [0.15, 0.2) is 24.3 Å². The van der Waals surface area contributed by atoms with Gasteiger partial charge in [-0.1, -0.05) is 12.1 Å². The van der Waals surface area contributed by atoms with Crippen LogP contribution in [-0.2, 0) is 14.4 Å². The van der Waals surface area contributed by atoms with Crippen LogP contribution in [0, 0.1) is 0 Å². The summed E-state index contributed by atoms with van der Waals surface area (Å²) < 4.78 is 1.12. The Balaban J connectivity index is 1.46. The van der Waals surface area contributed by atoms with Gasteiger partial charge in [0, 0.05) is 26.1 Å². The Morgan fingerprint density at radius 3 is 2.70 bits per heavy atom. The van der Waals surface area contributed by atoms with E-state index in [9.17, 15) is 19.2 Å². The summed E-state index contributed by atoms with van der Waals surface area (Å²) in [6.45, 7) is 0.666. The fourth-order valence-corrected chi connectivity index (χ4v) is 4.55. The molecule has 2 aliphatic heterocycles. The number of hydrogen-bond acceptors (Lipinski definition) is 6. The highest BCUT2D eigenvalue weighted by atomic mass is 32.1. The van der Waals surface area contributed by atoms with Gasteiger partial charge in [-0.25, -0.2) is 14.7 Å². The van der Waals surface area contributed by atoms with E-state index in [4.69, 9.17) is 0 Å². The zero-order chi connectivity index (χ0) is 19.1. The summed E-state index contributed by atoms with van der Waals surface area (Å²) in [6, 6.07) is 7.17. The van der Waals surface area contributed by atoms with E-state index in [1.54, 1.807) is 16.2 Å². The lowest BCUT2D eigenvalue weighted by atomic mass is 9.98. The van der Waals surface area contributed by atoms with Crippen LogP contribution in [0.3, 0.4) is 0 Å². The van der Waals surface area contributed by atoms with Crippen molar-refractivity contribution >= 4 is 45.3 Å². The molecule has 0 N–H and O–H groups in total. The smallest absolute Gasteiger partial charge is 0.334 e. The topological polar surface area (TPSA) is 90.9 Å². The van der Waals surface area contributed by atoms with E-state index in [1.807, 2.05) is 24.3 Å². The Bertz CT molecular complexity index is 923. The molecule has 1 atom stereocenters. The number of benzene rings is 1. The molecule has 2 aliphatic rings. The van der Waals surface area contributed by atoms with Gasteiger partial charge in [0.25, 0.3) is 0 Å². The average molecular weight is 386 g/mol. The normalized spacial score (nSPS) is 20.9. The van der Waals surface area contributed by atoms with Gasteiger partial charge in [0.05, 0.1) is 15.2 Å². The van der Waals surface area contributed by atoms with Crippen LogP contribution in [0.2, 0.25) is 0 Å². The second-order valence-corrected chi connectivity index (χ2v) is 7.80. The minimum atomic E-state index is -0.949. The van der Waals surface area contributed by atoms with Crippen molar-refractivity contribution in [2.75, 3.05) is 26.7 Å². The van der Waals surface area contributed by atoms with Crippen molar-refractivity contribution in [3.8, 4) is 0 Å². The van der Waals surface area contributed by atoms with Gasteiger partial charge in [0.2, 0.25) is 5.91 Å². The number of carbonyl (C=O) groups excluding carboxylic acids is 4. The molecule has 8 nitrogen and oxygen atoms in total. The number of amides is 5. The summed E-state index contributed by atoms with van der Waals surface area (Å²) in [6.07, 6.45) is 1.76. The van der Waals surface area contributed by atoms with Gasteiger partial charge in [-0.3, -0.25) is 19.3 Å². The Morgan fingerprint density at radius 2 is 2.00 bits per heavy atom. The maximum absolute atomic E-state index is 12.6. The van der Waals surface area contributed by atoms with Crippen LogP contribution in [0.25, 0.3) is 10.2 Å². The Hall–Kier alpha value is -2.81. The van der Waals surface area contributed by atoms with Crippen LogP contribution in [0.5, 0.6) is 0 Å². The largest absolute Gasteiger partial charge is 0.340 e. The van der Waals surface area contributed by atoms with Crippen molar-refractivity contribution in [2.45, 2.75) is 18.8 Å². The number of carbonyl (C=O) groups is 4. The predicted octanol–water partition coefficient (Wildman–Crippen LogP) is 1.42. The van der Waals surface area contributed by atoms with Gasteiger partial charge >= 0.3 is 17.8 Å². The number of urea groups is 1. The molecule has 0 spiro atoms. The lowest BCUT2D eigenvalue weighted by Crippen LogP contribution is -2.46. The second kappa shape index (κ2) is 6.73. The number of hydrogen-bond donors (Lipinski definition) is 0. The number of imide groups is 2. The van der Waals surface area contributed by atoms with Gasteiger partial charge in [0.15, 0.2) is 0 Å². The van der Waals surface area contributed by atoms with Gasteiger partial charge in [-0.2, -0.15) is 0 Å². The fraction of sp³-hybridized carbons (Fsp3) is 0.389. The lowest BCUT2D eigenvalue weighted by molar-refractivity contribution is -0.144. The summed E-state index contributed by atoms with van der Waals surface area (Å²) in [4.78, 5) is 55.8. The van der Waals surface area contributed by atoms with Crippen molar-refractivity contribution in [1.29, 1.82) is 0 Å². The first-order chi connectivity index (χ1) is 13.0. The van der Waals surface area contributed by atoms with E-state index in [-0.39, 0.29) is 11.8 Å². The van der Waals surface area contributed by atoms with Crippen molar-refractivity contribution < 1.29 is 19.2 Å². The summed E-state index contributed by atoms with van der Waals surface area (Å²) >= 11 is 1.63. The fourth-order valence-electron chi connectivity index (χ4n) is 3.46. The van der Waals surface area contributed by atoms with Gasteiger partial charge < -0.3 is 4.90 Å². The third kappa shape index (κ3) is 3.08. The van der Waals surface area contributed by atoms with Gasteiger partial charge in [-0.05, 0) is 25.0 Å². The third-order valence-corrected chi connectivity index (χ3v) is 6.18. The van der Waals surface area contributed by atoms with Crippen molar-refractivity contribution in [1.82, 2.24) is 19.7 Å². The minimum Gasteiger partial charge on any atom is -0.340 e. The number of aromatic nitrogens is 1. The Labute approximate surface area is 159 Å². The molecular formula is C18H18N4O4S. The number of likely N-dealkylation sites (tertiary alicyclic amines) is 1. The molecule has 2 aromatic rings. The quantitative estimate of drug-likeness (QED) is 0.588. The number of fused-ring (bicyclic) bond motifs is 1. The SMILES string of the molecule is CN1C(=O)C(=O)N(CC(=O)N2CCC[C@H](c3nc4ccccc4s3)C2)C1=O. The predicted molar refractivity (Wildman–Crippen MR) is 98.1 cm³/mol. The second-order valence-electron chi connectivity index (χ2n) is 6.74. The van der Waals surface area contributed by atoms with Crippen LogP contribution in [0.1, 0.15) is 23.8 Å². The first-order valence-electron chi connectivity index (χ1n) is 8.72. The minimum absolute atomic E-state index is 0.134. The highest BCUT2D eigenvalue weighted by Gasteiger charge is 2.43. The summed E-state index contributed by atoms with van der Waals surface area (Å²) in [5.74, 6) is -2.05. The number of likely N-dealkylation sites (N-methyl/N-ethyl adjacent to an activating group) is 1. The molecule has 1 aromatic heterocycles. The highest BCUT2D eigenvalue weighted by molar-refractivity contribution is 7.18. The lowest BCUT2D eigenvalue weighted by Gasteiger charge is -2.32. The van der Waals surface area contributed by atoms with Gasteiger partial charge in [0.1, 0.15) is 6.54 Å². The molecule has 3 heterocycles. The van der Waals surface area contributed by atoms with E-state index < -0.39 is 24.4 Å². The molecule has 0 unspecified atom stereocenters. The molecule has 2 fully saturated rings. The van der Waals surface area contributed by atoms with E-state index in [0.29, 0.717) is 18.0 Å². The van der Waals surface area contributed by atoms with E-state index >= 15 is 0 Å². The summed E-state index contributed by atoms with van der Waals surface area (Å²) in [5.41, 5.74) is 0.954. The highest BCUT2D eigenvalue weighted by Crippen LogP contribution is 2.33. The van der Waals surface area contributed by atoms with Crippen LogP contribution < -0.4 is 0 Å². The first kappa shape index (κ1) is 17.6. The zero-order valence-electron chi connectivity index (χ0n) is 14.8. The summed E-state index contributed by atoms with van der Waals surface area (Å²) in [5, 5.41) is 0.997. The molecule has 9 heteroatoms. The molecule has 1 aromatic carbocycles. The standard InChI is InChI=1S/C18H18N4O4S/c1-20-16(24)17(25)22(18(20)26)10-14(23)21-8-4-5-11(9-21)15-19-12-6-2-3-7-13(12)27-15/h2-3,6-7,11H,4-5,8-10H2,1H3/t11-/m0/s1. The molecule has 2 saturated heterocycles.